The smallest absolute Gasteiger partial charge is 0.404 e. The van der Waals surface area contributed by atoms with Crippen molar-refractivity contribution < 1.29 is 14.7 Å². The van der Waals surface area contributed by atoms with Gasteiger partial charge in [-0.05, 0) is 19.4 Å². The molecule has 1 heterocycles. The molecule has 2 N–H and O–H groups in total. The molecule has 0 aromatic carbocycles. The van der Waals surface area contributed by atoms with E-state index in [0.29, 0.717) is 6.29 Å². The minimum absolute atomic E-state index is 0.198. The Hall–Kier alpha value is -1.54. The highest BCUT2D eigenvalue weighted by Gasteiger charge is 2.31. The maximum absolute atomic E-state index is 10.4. The van der Waals surface area contributed by atoms with E-state index in [1.165, 1.54) is 0 Å². The Morgan fingerprint density at radius 1 is 1.71 bits per heavy atom. The van der Waals surface area contributed by atoms with E-state index in [9.17, 15) is 9.59 Å². The molecular formula is C9H12N2O3. The summed E-state index contributed by atoms with van der Waals surface area (Å²) in [6, 6.07) is -0.402. The third-order valence-electron chi connectivity index (χ3n) is 2.25. The van der Waals surface area contributed by atoms with Gasteiger partial charge in [-0.1, -0.05) is 5.92 Å². The quantitative estimate of drug-likeness (QED) is 0.439. The van der Waals surface area contributed by atoms with Gasteiger partial charge in [0.05, 0.1) is 12.1 Å². The van der Waals surface area contributed by atoms with E-state index >= 15 is 0 Å². The molecule has 14 heavy (non-hydrogen) atoms. The van der Waals surface area contributed by atoms with Crippen LogP contribution in [0.3, 0.4) is 0 Å². The van der Waals surface area contributed by atoms with Gasteiger partial charge in [-0.2, -0.15) is 0 Å². The Bertz CT molecular complexity index is 292. The zero-order valence-electron chi connectivity index (χ0n) is 7.86. The summed E-state index contributed by atoms with van der Waals surface area (Å²) in [5, 5.41) is 10.9. The van der Waals surface area contributed by atoms with Gasteiger partial charge in [0, 0.05) is 6.54 Å². The third-order valence-corrected chi connectivity index (χ3v) is 2.25. The largest absolute Gasteiger partial charge is 0.465 e. The van der Waals surface area contributed by atoms with Crippen LogP contribution in [0.15, 0.2) is 0 Å². The van der Waals surface area contributed by atoms with Crippen LogP contribution in [0, 0.1) is 11.8 Å². The molecule has 5 heteroatoms. The van der Waals surface area contributed by atoms with Crippen LogP contribution in [-0.2, 0) is 4.79 Å². The van der Waals surface area contributed by atoms with Crippen molar-refractivity contribution in [2.45, 2.75) is 18.5 Å². The number of likely N-dealkylation sites (N-methyl/N-ethyl adjacent to an activating group) is 1. The normalized spacial score (nSPS) is 26.4. The van der Waals surface area contributed by atoms with Gasteiger partial charge < -0.3 is 10.4 Å². The monoisotopic (exact) mass is 196 g/mol. The van der Waals surface area contributed by atoms with Crippen molar-refractivity contribution in [3.63, 3.8) is 0 Å². The predicted molar refractivity (Wildman–Crippen MR) is 49.8 cm³/mol. The molecule has 2 atom stereocenters. The minimum atomic E-state index is -1.05. The molecule has 0 aromatic rings. The fourth-order valence-corrected chi connectivity index (χ4v) is 1.59. The van der Waals surface area contributed by atoms with Gasteiger partial charge in [-0.3, -0.25) is 9.69 Å². The van der Waals surface area contributed by atoms with Crippen LogP contribution in [0.2, 0.25) is 0 Å². The number of carbonyl (C=O) groups excluding carboxylic acids is 1. The van der Waals surface area contributed by atoms with Gasteiger partial charge in [0.25, 0.3) is 0 Å². The Labute approximate surface area is 82.1 Å². The molecule has 0 bridgehead atoms. The number of carbonyl (C=O) groups is 2. The summed E-state index contributed by atoms with van der Waals surface area (Å²) in [4.78, 5) is 22.4. The zero-order valence-corrected chi connectivity index (χ0v) is 7.86. The van der Waals surface area contributed by atoms with E-state index in [0.717, 1.165) is 13.0 Å². The molecule has 1 aliphatic rings. The van der Waals surface area contributed by atoms with Crippen molar-refractivity contribution >= 4 is 12.4 Å². The van der Waals surface area contributed by atoms with Crippen LogP contribution >= 0.6 is 0 Å². The van der Waals surface area contributed by atoms with E-state index in [1.807, 2.05) is 11.9 Å². The van der Waals surface area contributed by atoms with E-state index in [-0.39, 0.29) is 12.1 Å². The highest BCUT2D eigenvalue weighted by atomic mass is 16.4. The average molecular weight is 196 g/mol. The molecule has 1 amide bonds. The summed E-state index contributed by atoms with van der Waals surface area (Å²) in [5.74, 6) is 5.04. The number of amides is 1. The molecule has 5 nitrogen and oxygen atoms in total. The van der Waals surface area contributed by atoms with E-state index in [4.69, 9.17) is 5.11 Å². The van der Waals surface area contributed by atoms with Crippen LogP contribution in [0.1, 0.15) is 6.42 Å². The average Bonchev–Trinajstić information content (AvgIpc) is 2.44. The second kappa shape index (κ2) is 4.63. The standard InChI is InChI=1S/C9H12N2O3/c1-11-5-4-7(10-9(13)14)8(11)3-2-6-12/h6-8,10H,4-5H2,1H3,(H,13,14)/t7-,8?/m0/s1. The van der Waals surface area contributed by atoms with Gasteiger partial charge in [-0.25, -0.2) is 4.79 Å². The first kappa shape index (κ1) is 10.5. The minimum Gasteiger partial charge on any atom is -0.465 e. The Morgan fingerprint density at radius 2 is 2.43 bits per heavy atom. The molecule has 0 aliphatic carbocycles. The van der Waals surface area contributed by atoms with Crippen LogP contribution in [0.25, 0.3) is 0 Å². The number of hydrogen-bond donors (Lipinski definition) is 2. The molecule has 1 unspecified atom stereocenters. The summed E-state index contributed by atoms with van der Waals surface area (Å²) in [6.07, 6.45) is 0.188. The second-order valence-corrected chi connectivity index (χ2v) is 3.18. The summed E-state index contributed by atoms with van der Waals surface area (Å²) in [7, 11) is 1.85. The summed E-state index contributed by atoms with van der Waals surface area (Å²) >= 11 is 0. The Balaban J connectivity index is 2.66. The SMILES string of the molecule is CN1CC[C@H](NC(=O)O)C1C#CC=O. The first-order chi connectivity index (χ1) is 6.65. The molecule has 0 aromatic heterocycles. The first-order valence-corrected chi connectivity index (χ1v) is 4.29. The summed E-state index contributed by atoms with van der Waals surface area (Å²) in [6.45, 7) is 0.781. The maximum Gasteiger partial charge on any atom is 0.404 e. The lowest BCUT2D eigenvalue weighted by atomic mass is 10.1. The number of rotatable bonds is 1. The number of hydrogen-bond acceptors (Lipinski definition) is 3. The van der Waals surface area contributed by atoms with Gasteiger partial charge >= 0.3 is 6.09 Å². The topological polar surface area (TPSA) is 69.6 Å². The van der Waals surface area contributed by atoms with E-state index < -0.39 is 6.09 Å². The molecular weight excluding hydrogens is 184 g/mol. The van der Waals surface area contributed by atoms with Gasteiger partial charge in [0.1, 0.15) is 0 Å². The number of carboxylic acid groups (broad SMARTS) is 1. The van der Waals surface area contributed by atoms with Crippen LogP contribution in [-0.4, -0.2) is 48.1 Å². The second-order valence-electron chi connectivity index (χ2n) is 3.18. The van der Waals surface area contributed by atoms with E-state index in [1.54, 1.807) is 0 Å². The highest BCUT2D eigenvalue weighted by molar-refractivity contribution is 5.73. The zero-order chi connectivity index (χ0) is 10.6. The molecule has 0 spiro atoms. The van der Waals surface area contributed by atoms with Crippen molar-refractivity contribution in [2.75, 3.05) is 13.6 Å². The van der Waals surface area contributed by atoms with Crippen molar-refractivity contribution in [3.8, 4) is 11.8 Å². The van der Waals surface area contributed by atoms with Crippen LogP contribution in [0.4, 0.5) is 4.79 Å². The fourth-order valence-electron chi connectivity index (χ4n) is 1.59. The van der Waals surface area contributed by atoms with Crippen molar-refractivity contribution in [1.29, 1.82) is 0 Å². The van der Waals surface area contributed by atoms with Gasteiger partial charge in [0.15, 0.2) is 6.29 Å². The molecule has 76 valence electrons. The molecule has 1 aliphatic heterocycles. The van der Waals surface area contributed by atoms with Crippen molar-refractivity contribution in [3.05, 3.63) is 0 Å². The Kier molecular flexibility index (Phi) is 3.48. The first-order valence-electron chi connectivity index (χ1n) is 4.29. The molecule has 1 fully saturated rings. The fraction of sp³-hybridized carbons (Fsp3) is 0.556. The Morgan fingerprint density at radius 3 is 3.00 bits per heavy atom. The molecule has 1 rings (SSSR count). The highest BCUT2D eigenvalue weighted by Crippen LogP contribution is 2.14. The van der Waals surface area contributed by atoms with E-state index in [2.05, 4.69) is 17.2 Å². The van der Waals surface area contributed by atoms with Crippen LogP contribution < -0.4 is 5.32 Å². The summed E-state index contributed by atoms with van der Waals surface area (Å²) < 4.78 is 0. The molecule has 0 saturated carbocycles. The third kappa shape index (κ3) is 2.47. The lowest BCUT2D eigenvalue weighted by molar-refractivity contribution is -0.103. The molecule has 0 radical (unpaired) electrons. The van der Waals surface area contributed by atoms with Gasteiger partial charge in [-0.15, -0.1) is 0 Å². The number of nitrogens with one attached hydrogen (secondary N) is 1. The maximum atomic E-state index is 10.4. The number of nitrogens with zero attached hydrogens (tertiary/aromatic N) is 1. The lowest BCUT2D eigenvalue weighted by Crippen LogP contribution is -2.42. The number of aldehydes is 1. The lowest BCUT2D eigenvalue weighted by Gasteiger charge is -2.18. The predicted octanol–water partition coefficient (Wildman–Crippen LogP) is -0.471. The number of likely N-dealkylation sites (tertiary alicyclic amines) is 1. The van der Waals surface area contributed by atoms with Crippen LogP contribution in [0.5, 0.6) is 0 Å². The summed E-state index contributed by atoms with van der Waals surface area (Å²) in [5.41, 5.74) is 0. The van der Waals surface area contributed by atoms with Gasteiger partial charge in [0.2, 0.25) is 0 Å². The van der Waals surface area contributed by atoms with Crippen molar-refractivity contribution in [1.82, 2.24) is 10.2 Å². The molecule has 1 saturated heterocycles. The van der Waals surface area contributed by atoms with Crippen molar-refractivity contribution in [2.24, 2.45) is 0 Å².